The lowest BCUT2D eigenvalue weighted by molar-refractivity contribution is 0.557. The first kappa shape index (κ1) is 9.16. The second-order valence-electron chi connectivity index (χ2n) is 2.75. The Hall–Kier alpha value is -1.41. The molecule has 1 heterocycles. The highest BCUT2D eigenvalue weighted by Crippen LogP contribution is 2.19. The van der Waals surface area contributed by atoms with Gasteiger partial charge in [-0.1, -0.05) is 30.0 Å². The monoisotopic (exact) mass is 202 g/mol. The molecule has 0 saturated carbocycles. The molecule has 0 unspecified atom stereocenters. The fraction of sp³-hybridized carbons (Fsp3) is 0. The van der Waals surface area contributed by atoms with Gasteiger partial charge in [0.1, 0.15) is 5.76 Å². The molecule has 0 aliphatic heterocycles. The predicted molar refractivity (Wildman–Crippen MR) is 60.0 cm³/mol. The molecule has 0 aliphatic rings. The second-order valence-corrected chi connectivity index (χ2v) is 3.73. The van der Waals surface area contributed by atoms with Crippen LogP contribution in [0.15, 0.2) is 63.4 Å². The third-order valence-corrected chi connectivity index (χ3v) is 2.54. The van der Waals surface area contributed by atoms with Crippen LogP contribution in [0, 0.1) is 0 Å². The minimum Gasteiger partial charge on any atom is -0.465 e. The van der Waals surface area contributed by atoms with E-state index in [2.05, 4.69) is 12.1 Å². The fourth-order valence-corrected chi connectivity index (χ4v) is 1.74. The smallest absolute Gasteiger partial charge is 0.127 e. The maximum atomic E-state index is 5.17. The highest BCUT2D eigenvalue weighted by molar-refractivity contribution is 8.02. The Morgan fingerprint density at radius 3 is 2.57 bits per heavy atom. The summed E-state index contributed by atoms with van der Waals surface area (Å²) in [7, 11) is 0. The zero-order valence-corrected chi connectivity index (χ0v) is 8.41. The number of furan rings is 1. The van der Waals surface area contributed by atoms with E-state index in [0.29, 0.717) is 0 Å². The third-order valence-electron chi connectivity index (χ3n) is 1.72. The van der Waals surface area contributed by atoms with Crippen molar-refractivity contribution in [3.63, 3.8) is 0 Å². The Morgan fingerprint density at radius 2 is 1.86 bits per heavy atom. The Kier molecular flexibility index (Phi) is 3.09. The van der Waals surface area contributed by atoms with E-state index in [1.807, 2.05) is 41.8 Å². The largest absolute Gasteiger partial charge is 0.465 e. The van der Waals surface area contributed by atoms with Crippen molar-refractivity contribution in [2.45, 2.75) is 4.90 Å². The number of benzene rings is 1. The summed E-state index contributed by atoms with van der Waals surface area (Å²) in [4.78, 5) is 1.23. The highest BCUT2D eigenvalue weighted by Gasteiger charge is 1.88. The summed E-state index contributed by atoms with van der Waals surface area (Å²) < 4.78 is 5.17. The molecule has 0 radical (unpaired) electrons. The van der Waals surface area contributed by atoms with Gasteiger partial charge in [-0.3, -0.25) is 0 Å². The van der Waals surface area contributed by atoms with Crippen LogP contribution in [-0.2, 0) is 0 Å². The average molecular weight is 202 g/mol. The molecule has 0 fully saturated rings. The number of hydrogen-bond acceptors (Lipinski definition) is 2. The molecule has 2 heteroatoms. The Bertz CT molecular complexity index is 390. The van der Waals surface area contributed by atoms with Crippen LogP contribution < -0.4 is 0 Å². The summed E-state index contributed by atoms with van der Waals surface area (Å²) in [6, 6.07) is 14.1. The summed E-state index contributed by atoms with van der Waals surface area (Å²) >= 11 is 1.68. The van der Waals surface area contributed by atoms with Crippen LogP contribution >= 0.6 is 11.8 Å². The number of hydrogen-bond donors (Lipinski definition) is 0. The molecule has 0 amide bonds. The van der Waals surface area contributed by atoms with E-state index in [9.17, 15) is 0 Å². The van der Waals surface area contributed by atoms with E-state index < -0.39 is 0 Å². The molecule has 1 aromatic carbocycles. The van der Waals surface area contributed by atoms with Crippen LogP contribution in [0.25, 0.3) is 6.08 Å². The zero-order valence-electron chi connectivity index (χ0n) is 7.59. The first-order valence-corrected chi connectivity index (χ1v) is 5.25. The molecule has 1 aromatic heterocycles. The number of rotatable bonds is 3. The second kappa shape index (κ2) is 4.72. The highest BCUT2D eigenvalue weighted by atomic mass is 32.2. The van der Waals surface area contributed by atoms with E-state index in [1.54, 1.807) is 18.0 Å². The first-order valence-electron chi connectivity index (χ1n) is 4.37. The molecule has 0 N–H and O–H groups in total. The summed E-state index contributed by atoms with van der Waals surface area (Å²) in [5.41, 5.74) is 0. The molecule has 0 saturated heterocycles. The van der Waals surface area contributed by atoms with Gasteiger partial charge in [0.05, 0.1) is 6.26 Å². The van der Waals surface area contributed by atoms with Gasteiger partial charge in [0.15, 0.2) is 0 Å². The van der Waals surface area contributed by atoms with Crippen LogP contribution in [0.1, 0.15) is 5.76 Å². The van der Waals surface area contributed by atoms with Crippen LogP contribution in [0.2, 0.25) is 0 Å². The molecule has 0 aliphatic carbocycles. The molecule has 2 rings (SSSR count). The summed E-state index contributed by atoms with van der Waals surface area (Å²) in [5.74, 6) is 0.883. The normalized spacial score (nSPS) is 10.9. The molecule has 0 atom stereocenters. The number of thioether (sulfide) groups is 1. The lowest BCUT2D eigenvalue weighted by Gasteiger charge is -1.92. The topological polar surface area (TPSA) is 13.1 Å². The van der Waals surface area contributed by atoms with Crippen LogP contribution in [-0.4, -0.2) is 0 Å². The zero-order chi connectivity index (χ0) is 9.64. The van der Waals surface area contributed by atoms with Crippen molar-refractivity contribution in [2.75, 3.05) is 0 Å². The van der Waals surface area contributed by atoms with Crippen molar-refractivity contribution in [1.82, 2.24) is 0 Å². The van der Waals surface area contributed by atoms with Gasteiger partial charge in [0, 0.05) is 4.90 Å². The molecule has 0 bridgehead atoms. The van der Waals surface area contributed by atoms with Crippen LogP contribution in [0.3, 0.4) is 0 Å². The van der Waals surface area contributed by atoms with Crippen molar-refractivity contribution >= 4 is 17.8 Å². The molecular formula is C12H10OS. The maximum Gasteiger partial charge on any atom is 0.127 e. The molecular weight excluding hydrogens is 192 g/mol. The van der Waals surface area contributed by atoms with Crippen LogP contribution in [0.5, 0.6) is 0 Å². The van der Waals surface area contributed by atoms with Crippen molar-refractivity contribution < 1.29 is 4.42 Å². The van der Waals surface area contributed by atoms with Crippen molar-refractivity contribution in [3.05, 3.63) is 59.9 Å². The fourth-order valence-electron chi connectivity index (χ4n) is 1.06. The predicted octanol–water partition coefficient (Wildman–Crippen LogP) is 4.04. The van der Waals surface area contributed by atoms with Gasteiger partial charge in [-0.2, -0.15) is 0 Å². The lowest BCUT2D eigenvalue weighted by Crippen LogP contribution is -1.64. The Labute approximate surface area is 87.4 Å². The van der Waals surface area contributed by atoms with Crippen molar-refractivity contribution in [1.29, 1.82) is 0 Å². The van der Waals surface area contributed by atoms with Crippen LogP contribution in [0.4, 0.5) is 0 Å². The van der Waals surface area contributed by atoms with Gasteiger partial charge in [0.25, 0.3) is 0 Å². The van der Waals surface area contributed by atoms with Gasteiger partial charge in [-0.15, -0.1) is 0 Å². The van der Waals surface area contributed by atoms with E-state index in [1.165, 1.54) is 4.90 Å². The molecule has 0 spiro atoms. The Morgan fingerprint density at radius 1 is 1.00 bits per heavy atom. The van der Waals surface area contributed by atoms with Gasteiger partial charge >= 0.3 is 0 Å². The SMILES string of the molecule is C(=C\c1ccco1)/Sc1ccccc1. The van der Waals surface area contributed by atoms with Crippen molar-refractivity contribution in [2.24, 2.45) is 0 Å². The van der Waals surface area contributed by atoms with E-state index in [0.717, 1.165) is 5.76 Å². The quantitative estimate of drug-likeness (QED) is 0.697. The van der Waals surface area contributed by atoms with Gasteiger partial charge in [-0.25, -0.2) is 0 Å². The molecule has 2 aromatic rings. The summed E-state index contributed by atoms with van der Waals surface area (Å²) in [6.07, 6.45) is 3.63. The minimum atomic E-state index is 0.883. The van der Waals surface area contributed by atoms with Gasteiger partial charge in [-0.05, 0) is 35.7 Å². The van der Waals surface area contributed by atoms with Gasteiger partial charge in [0.2, 0.25) is 0 Å². The summed E-state index contributed by atoms with van der Waals surface area (Å²) in [5, 5.41) is 2.02. The van der Waals surface area contributed by atoms with E-state index >= 15 is 0 Å². The molecule has 70 valence electrons. The van der Waals surface area contributed by atoms with Gasteiger partial charge < -0.3 is 4.42 Å². The average Bonchev–Trinajstić information content (AvgIpc) is 2.72. The Balaban J connectivity index is 1.95. The van der Waals surface area contributed by atoms with E-state index in [4.69, 9.17) is 4.42 Å². The minimum absolute atomic E-state index is 0.883. The molecule has 1 nitrogen and oxygen atoms in total. The summed E-state index contributed by atoms with van der Waals surface area (Å²) in [6.45, 7) is 0. The third kappa shape index (κ3) is 2.54. The standard InChI is InChI=1S/C12H10OS/c1-2-6-12(7-3-1)14-10-8-11-5-4-9-13-11/h1-10H/b10-8+. The maximum absolute atomic E-state index is 5.17. The molecule has 14 heavy (non-hydrogen) atoms. The van der Waals surface area contributed by atoms with Crippen molar-refractivity contribution in [3.8, 4) is 0 Å². The first-order chi connectivity index (χ1) is 6.95. The van der Waals surface area contributed by atoms with E-state index in [-0.39, 0.29) is 0 Å². The lowest BCUT2D eigenvalue weighted by atomic mass is 10.4.